The first-order valence-corrected chi connectivity index (χ1v) is 7.03. The molecule has 1 saturated heterocycles. The molecular weight excluding hydrogens is 253 g/mol. The first kappa shape index (κ1) is 13.4. The SMILES string of the molecule is CC(C)OC(=O)[C@H]1CS[C@H](c2ccc(F)cc2)[NH2+]1. The highest BCUT2D eigenvalue weighted by Gasteiger charge is 2.36. The molecule has 0 unspecified atom stereocenters. The highest BCUT2D eigenvalue weighted by molar-refractivity contribution is 7.99. The number of halogens is 1. The summed E-state index contributed by atoms with van der Waals surface area (Å²) in [5, 5.41) is 2.14. The molecule has 2 N–H and O–H groups in total. The molecule has 2 rings (SSSR count). The van der Waals surface area contributed by atoms with Crippen molar-refractivity contribution < 1.29 is 19.2 Å². The molecule has 5 heteroatoms. The number of nitrogens with two attached hydrogens (primary N) is 1. The van der Waals surface area contributed by atoms with Crippen molar-refractivity contribution in [3.05, 3.63) is 35.6 Å². The van der Waals surface area contributed by atoms with Crippen LogP contribution in [-0.4, -0.2) is 23.9 Å². The predicted molar refractivity (Wildman–Crippen MR) is 68.5 cm³/mol. The summed E-state index contributed by atoms with van der Waals surface area (Å²) in [5.74, 6) is 0.327. The third kappa shape index (κ3) is 3.23. The van der Waals surface area contributed by atoms with Crippen LogP contribution in [0.3, 0.4) is 0 Å². The maximum absolute atomic E-state index is 12.8. The summed E-state index contributed by atoms with van der Waals surface area (Å²) < 4.78 is 18.0. The average Bonchev–Trinajstić information content (AvgIpc) is 2.78. The Bertz CT molecular complexity index is 422. The molecule has 1 aromatic carbocycles. The fourth-order valence-electron chi connectivity index (χ4n) is 1.86. The molecule has 1 heterocycles. The molecule has 18 heavy (non-hydrogen) atoms. The van der Waals surface area contributed by atoms with Crippen molar-refractivity contribution in [3.8, 4) is 0 Å². The number of hydrogen-bond donors (Lipinski definition) is 1. The second-order valence-electron chi connectivity index (χ2n) is 4.59. The van der Waals surface area contributed by atoms with E-state index in [0.29, 0.717) is 0 Å². The first-order valence-electron chi connectivity index (χ1n) is 5.99. The Labute approximate surface area is 110 Å². The van der Waals surface area contributed by atoms with Crippen LogP contribution in [0.15, 0.2) is 24.3 Å². The van der Waals surface area contributed by atoms with E-state index in [2.05, 4.69) is 0 Å². The fraction of sp³-hybridized carbons (Fsp3) is 0.462. The van der Waals surface area contributed by atoms with E-state index in [0.717, 1.165) is 11.3 Å². The molecule has 0 aliphatic carbocycles. The van der Waals surface area contributed by atoms with Gasteiger partial charge in [-0.15, -0.1) is 0 Å². The van der Waals surface area contributed by atoms with Gasteiger partial charge in [-0.1, -0.05) is 11.8 Å². The Morgan fingerprint density at radius 3 is 2.72 bits per heavy atom. The van der Waals surface area contributed by atoms with Gasteiger partial charge in [-0.3, -0.25) is 0 Å². The van der Waals surface area contributed by atoms with Crippen molar-refractivity contribution >= 4 is 17.7 Å². The zero-order valence-corrected chi connectivity index (χ0v) is 11.2. The molecule has 2 atom stereocenters. The van der Waals surface area contributed by atoms with E-state index in [1.165, 1.54) is 12.1 Å². The Balaban J connectivity index is 1.96. The maximum atomic E-state index is 12.8. The summed E-state index contributed by atoms with van der Waals surface area (Å²) in [6, 6.07) is 6.26. The van der Waals surface area contributed by atoms with Crippen molar-refractivity contribution in [1.82, 2.24) is 0 Å². The van der Waals surface area contributed by atoms with Gasteiger partial charge in [0.15, 0.2) is 11.4 Å². The molecule has 0 aromatic heterocycles. The number of hydrogen-bond acceptors (Lipinski definition) is 3. The number of carbonyl (C=O) groups excluding carboxylic acids is 1. The van der Waals surface area contributed by atoms with Crippen LogP contribution in [0, 0.1) is 5.82 Å². The van der Waals surface area contributed by atoms with Crippen LogP contribution in [0.1, 0.15) is 24.8 Å². The van der Waals surface area contributed by atoms with E-state index in [1.807, 2.05) is 19.2 Å². The van der Waals surface area contributed by atoms with Crippen molar-refractivity contribution in [2.75, 3.05) is 5.75 Å². The summed E-state index contributed by atoms with van der Waals surface area (Å²) in [6.07, 6.45) is -0.0826. The lowest BCUT2D eigenvalue weighted by molar-refractivity contribution is -0.685. The van der Waals surface area contributed by atoms with Gasteiger partial charge in [-0.2, -0.15) is 0 Å². The molecule has 1 aliphatic rings. The van der Waals surface area contributed by atoms with Crippen LogP contribution in [-0.2, 0) is 9.53 Å². The second-order valence-corrected chi connectivity index (χ2v) is 5.76. The van der Waals surface area contributed by atoms with Crippen molar-refractivity contribution in [2.24, 2.45) is 0 Å². The number of benzene rings is 1. The smallest absolute Gasteiger partial charge is 0.366 e. The fourth-order valence-corrected chi connectivity index (χ4v) is 3.17. The van der Waals surface area contributed by atoms with Gasteiger partial charge in [0.1, 0.15) is 5.82 Å². The number of thioether (sulfide) groups is 1. The molecule has 0 spiro atoms. The minimum Gasteiger partial charge on any atom is -0.459 e. The third-order valence-electron chi connectivity index (χ3n) is 2.72. The normalized spacial score (nSPS) is 23.3. The summed E-state index contributed by atoms with van der Waals surface area (Å²) in [6.45, 7) is 3.69. The Hall–Kier alpha value is -1.07. The standard InChI is InChI=1S/C13H16FNO2S/c1-8(2)17-13(16)11-7-18-12(15-11)9-3-5-10(14)6-4-9/h3-6,8,11-12,15H,7H2,1-2H3/p+1/t11-,12-/m1/s1. The summed E-state index contributed by atoms with van der Waals surface area (Å²) in [7, 11) is 0. The van der Waals surface area contributed by atoms with Gasteiger partial charge in [-0.25, -0.2) is 9.18 Å². The van der Waals surface area contributed by atoms with Gasteiger partial charge in [-0.05, 0) is 38.1 Å². The zero-order valence-electron chi connectivity index (χ0n) is 10.4. The van der Waals surface area contributed by atoms with Crippen LogP contribution in [0.5, 0.6) is 0 Å². The number of esters is 1. The van der Waals surface area contributed by atoms with Gasteiger partial charge >= 0.3 is 5.97 Å². The number of quaternary nitrogens is 1. The van der Waals surface area contributed by atoms with Gasteiger partial charge in [0.25, 0.3) is 0 Å². The van der Waals surface area contributed by atoms with Crippen molar-refractivity contribution in [3.63, 3.8) is 0 Å². The predicted octanol–water partition coefficient (Wildman–Crippen LogP) is 1.45. The Morgan fingerprint density at radius 2 is 2.11 bits per heavy atom. The largest absolute Gasteiger partial charge is 0.459 e. The van der Waals surface area contributed by atoms with Gasteiger partial charge in [0, 0.05) is 5.56 Å². The molecule has 3 nitrogen and oxygen atoms in total. The highest BCUT2D eigenvalue weighted by atomic mass is 32.2. The van der Waals surface area contributed by atoms with Gasteiger partial charge in [0.05, 0.1) is 11.9 Å². The van der Waals surface area contributed by atoms with Crippen LogP contribution in [0.25, 0.3) is 0 Å². The van der Waals surface area contributed by atoms with Crippen LogP contribution in [0.2, 0.25) is 0 Å². The lowest BCUT2D eigenvalue weighted by Gasteiger charge is -2.12. The molecule has 0 radical (unpaired) electrons. The summed E-state index contributed by atoms with van der Waals surface area (Å²) in [4.78, 5) is 11.8. The van der Waals surface area contributed by atoms with Crippen LogP contribution < -0.4 is 5.32 Å². The summed E-state index contributed by atoms with van der Waals surface area (Å²) in [5.41, 5.74) is 1.03. The summed E-state index contributed by atoms with van der Waals surface area (Å²) >= 11 is 1.69. The van der Waals surface area contributed by atoms with E-state index in [-0.39, 0.29) is 29.3 Å². The highest BCUT2D eigenvalue weighted by Crippen LogP contribution is 2.27. The molecule has 1 aliphatic heterocycles. The molecule has 98 valence electrons. The maximum Gasteiger partial charge on any atom is 0.366 e. The van der Waals surface area contributed by atoms with E-state index < -0.39 is 0 Å². The van der Waals surface area contributed by atoms with Crippen molar-refractivity contribution in [1.29, 1.82) is 0 Å². The van der Waals surface area contributed by atoms with Crippen LogP contribution in [0.4, 0.5) is 4.39 Å². The number of ether oxygens (including phenoxy) is 1. The third-order valence-corrected chi connectivity index (χ3v) is 4.06. The topological polar surface area (TPSA) is 42.9 Å². The average molecular weight is 270 g/mol. The zero-order chi connectivity index (χ0) is 13.1. The quantitative estimate of drug-likeness (QED) is 0.846. The van der Waals surface area contributed by atoms with E-state index >= 15 is 0 Å². The lowest BCUT2D eigenvalue weighted by Crippen LogP contribution is -2.89. The number of carbonyl (C=O) groups is 1. The minimum atomic E-state index is -0.238. The first-order chi connectivity index (χ1) is 8.56. The molecule has 0 amide bonds. The minimum absolute atomic E-state index is 0.0826. The second kappa shape index (κ2) is 5.71. The lowest BCUT2D eigenvalue weighted by atomic mass is 10.2. The van der Waals surface area contributed by atoms with E-state index in [9.17, 15) is 9.18 Å². The monoisotopic (exact) mass is 270 g/mol. The molecule has 0 bridgehead atoms. The number of rotatable bonds is 3. The molecular formula is C13H17FNO2S+. The molecule has 0 saturated carbocycles. The van der Waals surface area contributed by atoms with E-state index in [4.69, 9.17) is 4.74 Å². The van der Waals surface area contributed by atoms with E-state index in [1.54, 1.807) is 23.9 Å². The molecule has 1 aromatic rings. The van der Waals surface area contributed by atoms with Gasteiger partial charge < -0.3 is 10.1 Å². The molecule has 1 fully saturated rings. The Kier molecular flexibility index (Phi) is 4.24. The van der Waals surface area contributed by atoms with Gasteiger partial charge in [0.2, 0.25) is 0 Å². The van der Waals surface area contributed by atoms with Crippen molar-refractivity contribution in [2.45, 2.75) is 31.4 Å². The Morgan fingerprint density at radius 1 is 1.44 bits per heavy atom. The van der Waals surface area contributed by atoms with Crippen LogP contribution >= 0.6 is 11.8 Å².